The van der Waals surface area contributed by atoms with Crippen molar-refractivity contribution >= 4 is 11.7 Å². The monoisotopic (exact) mass is 323 g/mol. The van der Waals surface area contributed by atoms with Crippen LogP contribution < -0.4 is 10.6 Å². The van der Waals surface area contributed by atoms with Crippen LogP contribution in [0.25, 0.3) is 11.5 Å². The van der Waals surface area contributed by atoms with Crippen molar-refractivity contribution in [3.05, 3.63) is 60.0 Å². The van der Waals surface area contributed by atoms with Gasteiger partial charge in [0.25, 0.3) is 5.89 Å². The van der Waals surface area contributed by atoms with Crippen molar-refractivity contribution in [1.82, 2.24) is 20.4 Å². The Balaban J connectivity index is 1.54. The predicted molar refractivity (Wildman–Crippen MR) is 89.0 cm³/mol. The molecule has 0 spiro atoms. The second-order valence-electron chi connectivity index (χ2n) is 5.19. The maximum Gasteiger partial charge on any atom is 0.258 e. The lowest BCUT2D eigenvalue weighted by Gasteiger charge is -2.07. The number of pyridine rings is 1. The molecule has 0 saturated carbocycles. The number of rotatable bonds is 6. The molecule has 0 bridgehead atoms. The lowest BCUT2D eigenvalue weighted by Crippen LogP contribution is -2.29. The summed E-state index contributed by atoms with van der Waals surface area (Å²) in [6.45, 7) is 2.38. The molecule has 122 valence electrons. The summed E-state index contributed by atoms with van der Waals surface area (Å²) in [6, 6.07) is 13.3. The number of carbonyl (C=O) groups is 1. The van der Waals surface area contributed by atoms with Crippen molar-refractivity contribution in [2.75, 3.05) is 11.9 Å². The minimum atomic E-state index is -0.111. The van der Waals surface area contributed by atoms with Gasteiger partial charge in [-0.25, -0.2) is 4.98 Å². The Bertz CT molecular complexity index is 817. The smallest absolute Gasteiger partial charge is 0.258 e. The summed E-state index contributed by atoms with van der Waals surface area (Å²) in [6.07, 6.45) is 1.62. The average molecular weight is 323 g/mol. The number of anilines is 1. The van der Waals surface area contributed by atoms with E-state index in [-0.39, 0.29) is 12.5 Å². The van der Waals surface area contributed by atoms with Gasteiger partial charge in [-0.05, 0) is 24.6 Å². The van der Waals surface area contributed by atoms with E-state index in [0.29, 0.717) is 24.1 Å². The van der Waals surface area contributed by atoms with Crippen LogP contribution in [0.5, 0.6) is 0 Å². The van der Waals surface area contributed by atoms with Gasteiger partial charge in [0.05, 0.1) is 6.54 Å². The first-order valence-corrected chi connectivity index (χ1v) is 7.52. The van der Waals surface area contributed by atoms with Crippen LogP contribution in [0, 0.1) is 6.92 Å². The molecular formula is C17H17N5O2. The largest absolute Gasteiger partial charge is 0.361 e. The Morgan fingerprint density at radius 2 is 2.04 bits per heavy atom. The van der Waals surface area contributed by atoms with E-state index < -0.39 is 0 Å². The molecule has 0 radical (unpaired) electrons. The van der Waals surface area contributed by atoms with Gasteiger partial charge in [-0.3, -0.25) is 4.79 Å². The zero-order chi connectivity index (χ0) is 16.8. The highest BCUT2D eigenvalue weighted by atomic mass is 16.5. The molecule has 0 aliphatic heterocycles. The van der Waals surface area contributed by atoms with Gasteiger partial charge in [0, 0.05) is 18.3 Å². The van der Waals surface area contributed by atoms with Gasteiger partial charge in [0.1, 0.15) is 5.82 Å². The number of aryl methyl sites for hydroxylation is 1. The number of aromatic nitrogens is 3. The van der Waals surface area contributed by atoms with Crippen molar-refractivity contribution in [3.8, 4) is 11.5 Å². The van der Waals surface area contributed by atoms with Crippen LogP contribution in [0.1, 0.15) is 11.4 Å². The van der Waals surface area contributed by atoms with Crippen molar-refractivity contribution in [3.63, 3.8) is 0 Å². The van der Waals surface area contributed by atoms with Crippen molar-refractivity contribution in [2.45, 2.75) is 13.5 Å². The maximum atomic E-state index is 11.9. The third-order valence-electron chi connectivity index (χ3n) is 3.30. The second-order valence-corrected chi connectivity index (χ2v) is 5.19. The molecule has 0 aliphatic carbocycles. The first-order valence-electron chi connectivity index (χ1n) is 7.52. The van der Waals surface area contributed by atoms with Gasteiger partial charge in [-0.2, -0.15) is 4.98 Å². The van der Waals surface area contributed by atoms with Gasteiger partial charge in [-0.15, -0.1) is 0 Å². The van der Waals surface area contributed by atoms with Crippen LogP contribution >= 0.6 is 0 Å². The highest BCUT2D eigenvalue weighted by Gasteiger charge is 2.08. The lowest BCUT2D eigenvalue weighted by atomic mass is 10.2. The molecule has 0 atom stereocenters. The summed E-state index contributed by atoms with van der Waals surface area (Å²) in [5.41, 5.74) is 1.80. The highest BCUT2D eigenvalue weighted by molar-refractivity contribution is 5.80. The molecule has 7 nitrogen and oxygen atoms in total. The molecule has 24 heavy (non-hydrogen) atoms. The molecule has 0 fully saturated rings. The quantitative estimate of drug-likeness (QED) is 0.722. The van der Waals surface area contributed by atoms with Crippen molar-refractivity contribution in [1.29, 1.82) is 0 Å². The standard InChI is InChI=1S/C17H17N5O2/c1-12-21-17(24-22-12)14-7-8-18-15(9-14)19-11-16(23)20-10-13-5-3-2-4-6-13/h2-9H,10-11H2,1H3,(H,18,19)(H,20,23). The molecular weight excluding hydrogens is 306 g/mol. The fourth-order valence-corrected chi connectivity index (χ4v) is 2.10. The number of hydrogen-bond acceptors (Lipinski definition) is 6. The van der Waals surface area contributed by atoms with Crippen LogP contribution in [0.15, 0.2) is 53.2 Å². The van der Waals surface area contributed by atoms with Gasteiger partial charge in [0.15, 0.2) is 5.82 Å². The van der Waals surface area contributed by atoms with E-state index >= 15 is 0 Å². The van der Waals surface area contributed by atoms with E-state index in [1.807, 2.05) is 30.3 Å². The van der Waals surface area contributed by atoms with E-state index in [9.17, 15) is 4.79 Å². The fourth-order valence-electron chi connectivity index (χ4n) is 2.10. The number of hydrogen-bond donors (Lipinski definition) is 2. The van der Waals surface area contributed by atoms with Crippen LogP contribution in [-0.2, 0) is 11.3 Å². The Hall–Kier alpha value is -3.22. The number of nitrogens with zero attached hydrogens (tertiary/aromatic N) is 3. The minimum absolute atomic E-state index is 0.111. The van der Waals surface area contributed by atoms with Gasteiger partial charge in [-0.1, -0.05) is 35.5 Å². The molecule has 7 heteroatoms. The Morgan fingerprint density at radius 1 is 1.21 bits per heavy atom. The summed E-state index contributed by atoms with van der Waals surface area (Å²) in [5, 5.41) is 9.59. The molecule has 1 aromatic carbocycles. The van der Waals surface area contributed by atoms with Gasteiger partial charge >= 0.3 is 0 Å². The minimum Gasteiger partial charge on any atom is -0.361 e. The first-order chi connectivity index (χ1) is 11.7. The Kier molecular flexibility index (Phi) is 4.81. The molecule has 2 heterocycles. The van der Waals surface area contributed by atoms with Crippen molar-refractivity contribution < 1.29 is 9.32 Å². The number of amides is 1. The summed E-state index contributed by atoms with van der Waals surface area (Å²) < 4.78 is 5.12. The third kappa shape index (κ3) is 4.16. The number of carbonyl (C=O) groups excluding carboxylic acids is 1. The predicted octanol–water partition coefficient (Wildman–Crippen LogP) is 2.17. The zero-order valence-electron chi connectivity index (χ0n) is 13.2. The van der Waals surface area contributed by atoms with Gasteiger partial charge < -0.3 is 15.2 Å². The third-order valence-corrected chi connectivity index (χ3v) is 3.30. The topological polar surface area (TPSA) is 92.9 Å². The van der Waals surface area contributed by atoms with Crippen LogP contribution in [0.2, 0.25) is 0 Å². The highest BCUT2D eigenvalue weighted by Crippen LogP contribution is 2.18. The normalized spacial score (nSPS) is 10.4. The average Bonchev–Trinajstić information content (AvgIpc) is 3.06. The summed E-state index contributed by atoms with van der Waals surface area (Å²) in [7, 11) is 0. The molecule has 2 N–H and O–H groups in total. The zero-order valence-corrected chi connectivity index (χ0v) is 13.2. The van der Waals surface area contributed by atoms with Crippen LogP contribution in [0.4, 0.5) is 5.82 Å². The summed E-state index contributed by atoms with van der Waals surface area (Å²) >= 11 is 0. The second kappa shape index (κ2) is 7.36. The van der Waals surface area contributed by atoms with E-state index in [4.69, 9.17) is 4.52 Å². The molecule has 3 aromatic rings. The maximum absolute atomic E-state index is 11.9. The lowest BCUT2D eigenvalue weighted by molar-refractivity contribution is -0.119. The fraction of sp³-hybridized carbons (Fsp3) is 0.176. The number of benzene rings is 1. The van der Waals surface area contributed by atoms with Crippen LogP contribution in [-0.4, -0.2) is 27.6 Å². The Labute approximate surface area is 139 Å². The van der Waals surface area contributed by atoms with Crippen LogP contribution in [0.3, 0.4) is 0 Å². The summed E-state index contributed by atoms with van der Waals surface area (Å²) in [4.78, 5) is 20.3. The molecule has 1 amide bonds. The molecule has 0 aliphatic rings. The van der Waals surface area contributed by atoms with E-state index in [0.717, 1.165) is 11.1 Å². The number of nitrogens with one attached hydrogen (secondary N) is 2. The summed E-state index contributed by atoms with van der Waals surface area (Å²) in [5.74, 6) is 1.45. The van der Waals surface area contributed by atoms with Gasteiger partial charge in [0.2, 0.25) is 5.91 Å². The molecule has 3 rings (SSSR count). The van der Waals surface area contributed by atoms with Crippen molar-refractivity contribution in [2.24, 2.45) is 0 Å². The van der Waals surface area contributed by atoms with E-state index in [1.165, 1.54) is 0 Å². The molecule has 2 aromatic heterocycles. The van der Waals surface area contributed by atoms with E-state index in [1.54, 1.807) is 25.3 Å². The Morgan fingerprint density at radius 3 is 2.79 bits per heavy atom. The van der Waals surface area contributed by atoms with E-state index in [2.05, 4.69) is 25.8 Å². The SMILES string of the molecule is Cc1noc(-c2ccnc(NCC(=O)NCc3ccccc3)c2)n1. The molecule has 0 unspecified atom stereocenters. The molecule has 0 saturated heterocycles. The first kappa shape index (κ1) is 15.7.